The largest absolute Gasteiger partial charge is 0.481 e. The summed E-state index contributed by atoms with van der Waals surface area (Å²) >= 11 is 6.11. The predicted octanol–water partition coefficient (Wildman–Crippen LogP) is 4.08. The zero-order valence-corrected chi connectivity index (χ0v) is 20.4. The van der Waals surface area contributed by atoms with Gasteiger partial charge in [0, 0.05) is 60.8 Å². The minimum Gasteiger partial charge on any atom is -0.481 e. The SMILES string of the molecule is COc1ccc(F)c(C(=O)N2C3CCC2CN(Cc2c(-c4ccc(Cl)cc4)nc4ncccn24)C3)n1. The van der Waals surface area contributed by atoms with E-state index in [1.54, 1.807) is 6.20 Å². The van der Waals surface area contributed by atoms with Crippen LogP contribution in [0.25, 0.3) is 17.0 Å². The van der Waals surface area contributed by atoms with Crippen LogP contribution in [0.15, 0.2) is 54.9 Å². The molecule has 0 N–H and O–H groups in total. The molecular weight excluding hydrogens is 483 g/mol. The second-order valence-electron chi connectivity index (χ2n) is 9.18. The van der Waals surface area contributed by atoms with Crippen LogP contribution in [-0.2, 0) is 6.54 Å². The van der Waals surface area contributed by atoms with Crippen molar-refractivity contribution in [1.29, 1.82) is 0 Å². The number of rotatable bonds is 5. The Morgan fingerprint density at radius 2 is 1.86 bits per heavy atom. The van der Waals surface area contributed by atoms with Crippen LogP contribution in [0.1, 0.15) is 29.0 Å². The Labute approximate surface area is 212 Å². The van der Waals surface area contributed by atoms with Gasteiger partial charge in [0.05, 0.1) is 18.5 Å². The summed E-state index contributed by atoms with van der Waals surface area (Å²) in [6, 6.07) is 12.1. The van der Waals surface area contributed by atoms with E-state index >= 15 is 0 Å². The molecule has 6 rings (SSSR count). The molecular formula is C26H24ClFN6O2. The molecule has 2 aliphatic rings. The third kappa shape index (κ3) is 3.98. The fourth-order valence-corrected chi connectivity index (χ4v) is 5.52. The van der Waals surface area contributed by atoms with Crippen molar-refractivity contribution in [3.8, 4) is 17.1 Å². The predicted molar refractivity (Wildman–Crippen MR) is 132 cm³/mol. The summed E-state index contributed by atoms with van der Waals surface area (Å²) in [5.74, 6) is -0.150. The molecule has 0 radical (unpaired) electrons. The van der Waals surface area contributed by atoms with Gasteiger partial charge < -0.3 is 9.64 Å². The molecule has 2 aliphatic heterocycles. The zero-order valence-electron chi connectivity index (χ0n) is 19.6. The maximum Gasteiger partial charge on any atom is 0.276 e. The van der Waals surface area contributed by atoms with Gasteiger partial charge in [0.15, 0.2) is 11.5 Å². The molecule has 2 fully saturated rings. The number of likely N-dealkylation sites (tertiary alicyclic amines) is 1. The van der Waals surface area contributed by atoms with Crippen molar-refractivity contribution in [3.63, 3.8) is 0 Å². The molecule has 0 spiro atoms. The Hall–Kier alpha value is -3.56. The number of methoxy groups -OCH3 is 1. The number of hydrogen-bond donors (Lipinski definition) is 0. The van der Waals surface area contributed by atoms with Gasteiger partial charge in [-0.1, -0.05) is 23.7 Å². The van der Waals surface area contributed by atoms with Gasteiger partial charge in [-0.3, -0.25) is 14.1 Å². The quantitative estimate of drug-likeness (QED) is 0.406. The standard InChI is InChI=1S/C26H24ClFN6O2/c1-36-22-10-9-20(28)24(30-22)25(35)34-18-7-8-19(34)14-32(13-18)15-21-23(16-3-5-17(27)6-4-16)31-26-29-11-2-12-33(21)26/h2-6,9-12,18-19H,7-8,13-15H2,1H3. The van der Waals surface area contributed by atoms with E-state index in [1.165, 1.54) is 19.2 Å². The molecule has 0 saturated carbocycles. The van der Waals surface area contributed by atoms with E-state index < -0.39 is 5.82 Å². The first-order chi connectivity index (χ1) is 17.5. The summed E-state index contributed by atoms with van der Waals surface area (Å²) in [5, 5.41) is 0.668. The summed E-state index contributed by atoms with van der Waals surface area (Å²) in [5.41, 5.74) is 2.67. The monoisotopic (exact) mass is 506 g/mol. The topological polar surface area (TPSA) is 75.9 Å². The first-order valence-electron chi connectivity index (χ1n) is 11.9. The van der Waals surface area contributed by atoms with E-state index in [0.717, 1.165) is 29.8 Å². The summed E-state index contributed by atoms with van der Waals surface area (Å²) in [7, 11) is 1.45. The average molecular weight is 507 g/mol. The van der Waals surface area contributed by atoms with E-state index in [-0.39, 0.29) is 29.6 Å². The Morgan fingerprint density at radius 1 is 1.11 bits per heavy atom. The van der Waals surface area contributed by atoms with E-state index in [9.17, 15) is 9.18 Å². The molecule has 1 amide bonds. The third-order valence-electron chi connectivity index (χ3n) is 7.02. The summed E-state index contributed by atoms with van der Waals surface area (Å²) in [4.78, 5) is 30.8. The number of amides is 1. The van der Waals surface area contributed by atoms with Crippen LogP contribution >= 0.6 is 11.6 Å². The first kappa shape index (κ1) is 22.9. The van der Waals surface area contributed by atoms with Crippen molar-refractivity contribution >= 4 is 23.3 Å². The van der Waals surface area contributed by atoms with E-state index in [0.29, 0.717) is 30.4 Å². The van der Waals surface area contributed by atoms with E-state index in [2.05, 4.69) is 14.9 Å². The lowest BCUT2D eigenvalue weighted by Gasteiger charge is -2.41. The maximum atomic E-state index is 14.5. The van der Waals surface area contributed by atoms with Crippen molar-refractivity contribution < 1.29 is 13.9 Å². The van der Waals surface area contributed by atoms with Gasteiger partial charge in [0.25, 0.3) is 5.91 Å². The minimum absolute atomic E-state index is 0.0139. The summed E-state index contributed by atoms with van der Waals surface area (Å²) < 4.78 is 21.6. The Bertz CT molecular complexity index is 1430. The van der Waals surface area contributed by atoms with Crippen LogP contribution in [0.4, 0.5) is 4.39 Å². The van der Waals surface area contributed by atoms with E-state index in [1.807, 2.05) is 45.8 Å². The van der Waals surface area contributed by atoms with Crippen LogP contribution < -0.4 is 4.74 Å². The van der Waals surface area contributed by atoms with Crippen LogP contribution in [0.5, 0.6) is 5.88 Å². The fourth-order valence-electron chi connectivity index (χ4n) is 5.40. The van der Waals surface area contributed by atoms with Gasteiger partial charge in [-0.2, -0.15) is 0 Å². The highest BCUT2D eigenvalue weighted by Crippen LogP contribution is 2.34. The van der Waals surface area contributed by atoms with Gasteiger partial charge in [0.2, 0.25) is 11.7 Å². The third-order valence-corrected chi connectivity index (χ3v) is 7.27. The highest BCUT2D eigenvalue weighted by Gasteiger charge is 2.44. The summed E-state index contributed by atoms with van der Waals surface area (Å²) in [6.07, 6.45) is 5.44. The van der Waals surface area contributed by atoms with Gasteiger partial charge in [-0.25, -0.2) is 19.3 Å². The number of benzene rings is 1. The zero-order chi connectivity index (χ0) is 24.8. The van der Waals surface area contributed by atoms with Gasteiger partial charge in [-0.05, 0) is 37.1 Å². The number of aromatic nitrogens is 4. The van der Waals surface area contributed by atoms with Crippen LogP contribution in [-0.4, -0.2) is 67.3 Å². The Kier molecular flexibility index (Phi) is 5.81. The Balaban J connectivity index is 1.27. The van der Waals surface area contributed by atoms with Gasteiger partial charge >= 0.3 is 0 Å². The number of imidazole rings is 1. The fraction of sp³-hybridized carbons (Fsp3) is 0.308. The van der Waals surface area contributed by atoms with Crippen molar-refractivity contribution in [1.82, 2.24) is 29.2 Å². The molecule has 5 heterocycles. The number of carbonyl (C=O) groups excluding carboxylic acids is 1. The number of pyridine rings is 1. The van der Waals surface area contributed by atoms with Crippen molar-refractivity contribution in [3.05, 3.63) is 77.1 Å². The number of halogens is 2. The molecule has 2 atom stereocenters. The van der Waals surface area contributed by atoms with Crippen molar-refractivity contribution in [2.24, 2.45) is 0 Å². The smallest absolute Gasteiger partial charge is 0.276 e. The molecule has 3 aromatic heterocycles. The maximum absolute atomic E-state index is 14.5. The molecule has 4 aromatic rings. The number of nitrogens with zero attached hydrogens (tertiary/aromatic N) is 6. The number of ether oxygens (including phenoxy) is 1. The molecule has 1 aromatic carbocycles. The number of hydrogen-bond acceptors (Lipinski definition) is 6. The molecule has 36 heavy (non-hydrogen) atoms. The Morgan fingerprint density at radius 3 is 2.58 bits per heavy atom. The van der Waals surface area contributed by atoms with Crippen LogP contribution in [0, 0.1) is 5.82 Å². The van der Waals surface area contributed by atoms with Crippen LogP contribution in [0.3, 0.4) is 0 Å². The highest BCUT2D eigenvalue weighted by molar-refractivity contribution is 6.30. The molecule has 2 saturated heterocycles. The second kappa shape index (κ2) is 9.15. The van der Waals surface area contributed by atoms with Crippen molar-refractivity contribution in [2.75, 3.05) is 20.2 Å². The lowest BCUT2D eigenvalue weighted by molar-refractivity contribution is 0.0392. The molecule has 8 nitrogen and oxygen atoms in total. The molecule has 2 unspecified atom stereocenters. The first-order valence-corrected chi connectivity index (χ1v) is 12.2. The average Bonchev–Trinajstić information content (AvgIpc) is 3.38. The van der Waals surface area contributed by atoms with Gasteiger partial charge in [-0.15, -0.1) is 0 Å². The van der Waals surface area contributed by atoms with Crippen LogP contribution in [0.2, 0.25) is 5.02 Å². The normalized spacial score (nSPS) is 19.7. The number of piperazine rings is 1. The minimum atomic E-state index is -0.631. The molecule has 184 valence electrons. The van der Waals surface area contributed by atoms with E-state index in [4.69, 9.17) is 21.3 Å². The highest BCUT2D eigenvalue weighted by atomic mass is 35.5. The molecule has 0 aliphatic carbocycles. The lowest BCUT2D eigenvalue weighted by atomic mass is 10.1. The van der Waals surface area contributed by atoms with Gasteiger partial charge in [0.1, 0.15) is 0 Å². The summed E-state index contributed by atoms with van der Waals surface area (Å²) in [6.45, 7) is 2.01. The number of fused-ring (bicyclic) bond motifs is 3. The lowest BCUT2D eigenvalue weighted by Crippen LogP contribution is -2.55. The second-order valence-corrected chi connectivity index (χ2v) is 9.62. The van der Waals surface area contributed by atoms with Crippen molar-refractivity contribution in [2.45, 2.75) is 31.5 Å². The molecule has 10 heteroatoms. The molecule has 2 bridgehead atoms. The number of carbonyl (C=O) groups is 1.